The van der Waals surface area contributed by atoms with E-state index in [9.17, 15) is 0 Å². The minimum absolute atomic E-state index is 0.431. The van der Waals surface area contributed by atoms with Gasteiger partial charge in [0.25, 0.3) is 0 Å². The van der Waals surface area contributed by atoms with E-state index in [0.29, 0.717) is 12.6 Å². The quantitative estimate of drug-likeness (QED) is 0.386. The molecule has 1 heterocycles. The summed E-state index contributed by atoms with van der Waals surface area (Å²) >= 11 is 0. The minimum Gasteiger partial charge on any atom is -0.497 e. The second-order valence-electron chi connectivity index (χ2n) is 9.86. The second kappa shape index (κ2) is 10.2. The zero-order chi connectivity index (χ0) is 24.4. The molecular weight excluding hydrogens is 434 g/mol. The van der Waals surface area contributed by atoms with E-state index in [-0.39, 0.29) is 0 Å². The van der Waals surface area contributed by atoms with Gasteiger partial charge in [-0.15, -0.1) is 0 Å². The number of benzene rings is 3. The number of ether oxygens (including phenoxy) is 3. The number of hydrogen-bond donors (Lipinski definition) is 0. The van der Waals surface area contributed by atoms with Crippen LogP contribution >= 0.6 is 0 Å². The van der Waals surface area contributed by atoms with E-state index < -0.39 is 0 Å². The number of fused-ring (bicyclic) bond motifs is 1. The van der Waals surface area contributed by atoms with Crippen LogP contribution in [0.1, 0.15) is 42.5 Å². The van der Waals surface area contributed by atoms with Crippen molar-refractivity contribution in [2.45, 2.75) is 32.7 Å². The van der Waals surface area contributed by atoms with E-state index in [1.807, 2.05) is 18.2 Å². The van der Waals surface area contributed by atoms with E-state index >= 15 is 0 Å². The van der Waals surface area contributed by atoms with Crippen molar-refractivity contribution in [3.05, 3.63) is 89.0 Å². The molecule has 0 amide bonds. The molecule has 1 aliphatic carbocycles. The van der Waals surface area contributed by atoms with Crippen molar-refractivity contribution in [2.24, 2.45) is 5.92 Å². The molecule has 0 spiro atoms. The van der Waals surface area contributed by atoms with Gasteiger partial charge >= 0.3 is 0 Å². The Labute approximate surface area is 209 Å². The fourth-order valence-corrected chi connectivity index (χ4v) is 5.31. The van der Waals surface area contributed by atoms with E-state index in [4.69, 9.17) is 14.2 Å². The van der Waals surface area contributed by atoms with Gasteiger partial charge in [-0.05, 0) is 102 Å². The maximum Gasteiger partial charge on any atom is 0.119 e. The van der Waals surface area contributed by atoms with Crippen molar-refractivity contribution in [3.8, 4) is 17.2 Å². The molecule has 182 valence electrons. The summed E-state index contributed by atoms with van der Waals surface area (Å²) < 4.78 is 17.1. The van der Waals surface area contributed by atoms with Crippen LogP contribution in [0.2, 0.25) is 0 Å². The summed E-state index contributed by atoms with van der Waals surface area (Å²) in [5, 5.41) is 0. The Morgan fingerprint density at radius 1 is 0.857 bits per heavy atom. The molecule has 5 rings (SSSR count). The van der Waals surface area contributed by atoms with Crippen LogP contribution in [0, 0.1) is 5.92 Å². The lowest BCUT2D eigenvalue weighted by molar-refractivity contribution is 0.169. The van der Waals surface area contributed by atoms with Crippen molar-refractivity contribution < 1.29 is 14.2 Å². The lowest BCUT2D eigenvalue weighted by atomic mass is 9.94. The monoisotopic (exact) mass is 469 g/mol. The van der Waals surface area contributed by atoms with Gasteiger partial charge in [-0.3, -0.25) is 4.90 Å². The highest BCUT2D eigenvalue weighted by molar-refractivity contribution is 6.03. The Kier molecular flexibility index (Phi) is 6.83. The van der Waals surface area contributed by atoms with Crippen molar-refractivity contribution in [3.63, 3.8) is 0 Å². The first kappa shape index (κ1) is 23.5. The fourth-order valence-electron chi connectivity index (χ4n) is 5.31. The fraction of sp³-hybridized carbons (Fsp3) is 0.355. The Morgan fingerprint density at radius 3 is 2.17 bits per heavy atom. The molecular formula is C31H35NO3. The third-order valence-electron chi connectivity index (χ3n) is 7.40. The topological polar surface area (TPSA) is 30.9 Å². The molecule has 2 atom stereocenters. The highest BCUT2D eigenvalue weighted by Gasteiger charge is 2.25. The molecule has 2 aliphatic rings. The average molecular weight is 470 g/mol. The molecule has 0 N–H and O–H groups in total. The molecule has 0 bridgehead atoms. The maximum absolute atomic E-state index is 6.18. The number of allylic oxidation sites excluding steroid dienone is 1. The zero-order valence-electron chi connectivity index (χ0n) is 21.2. The van der Waals surface area contributed by atoms with Gasteiger partial charge in [0.15, 0.2) is 0 Å². The molecule has 3 aromatic carbocycles. The first-order valence-electron chi connectivity index (χ1n) is 12.6. The van der Waals surface area contributed by atoms with Gasteiger partial charge in [-0.1, -0.05) is 37.3 Å². The summed E-state index contributed by atoms with van der Waals surface area (Å²) in [6.07, 6.45) is 2.16. The van der Waals surface area contributed by atoms with Crippen LogP contribution in [0.3, 0.4) is 0 Å². The number of hydrogen-bond acceptors (Lipinski definition) is 4. The van der Waals surface area contributed by atoms with Gasteiger partial charge < -0.3 is 14.2 Å². The predicted octanol–water partition coefficient (Wildman–Crippen LogP) is 6.33. The maximum atomic E-state index is 6.18. The molecule has 0 unspecified atom stereocenters. The van der Waals surface area contributed by atoms with Crippen molar-refractivity contribution in [1.82, 2.24) is 4.90 Å². The predicted molar refractivity (Wildman–Crippen MR) is 142 cm³/mol. The molecule has 4 nitrogen and oxygen atoms in total. The third kappa shape index (κ3) is 4.94. The molecule has 1 saturated heterocycles. The van der Waals surface area contributed by atoms with Crippen LogP contribution in [-0.4, -0.2) is 44.9 Å². The minimum atomic E-state index is 0.431. The van der Waals surface area contributed by atoms with Crippen LogP contribution < -0.4 is 14.2 Å². The van der Waals surface area contributed by atoms with Crippen LogP contribution in [-0.2, 0) is 6.42 Å². The van der Waals surface area contributed by atoms with Crippen LogP contribution in [0.5, 0.6) is 17.2 Å². The standard InChI is InChI=1S/C31H35NO3/c1-21-15-16-32(19-21)22(2)20-35-27-11-7-24(8-12-27)31-29-14-13-28(34-4)17-25(29)18-30(31)23-5-9-26(33-3)10-6-23/h5-14,17,21-22H,15-16,18-20H2,1-4H3/t21-,22+/m0/s1. The molecule has 3 aromatic rings. The first-order valence-corrected chi connectivity index (χ1v) is 12.6. The van der Waals surface area contributed by atoms with Gasteiger partial charge in [0, 0.05) is 12.6 Å². The molecule has 1 fully saturated rings. The third-order valence-corrected chi connectivity index (χ3v) is 7.40. The molecule has 0 saturated carbocycles. The van der Waals surface area contributed by atoms with Gasteiger partial charge in [0.2, 0.25) is 0 Å². The van der Waals surface area contributed by atoms with Gasteiger partial charge in [-0.2, -0.15) is 0 Å². The van der Waals surface area contributed by atoms with E-state index in [0.717, 1.165) is 29.6 Å². The molecule has 4 heteroatoms. The Hall–Kier alpha value is -3.24. The highest BCUT2D eigenvalue weighted by atomic mass is 16.5. The first-order chi connectivity index (χ1) is 17.1. The number of likely N-dealkylation sites (tertiary alicyclic amines) is 1. The van der Waals surface area contributed by atoms with E-state index in [2.05, 4.69) is 67.3 Å². The van der Waals surface area contributed by atoms with Gasteiger partial charge in [0.1, 0.15) is 23.9 Å². The molecule has 1 aliphatic heterocycles. The van der Waals surface area contributed by atoms with Crippen LogP contribution in [0.4, 0.5) is 0 Å². The Morgan fingerprint density at radius 2 is 1.51 bits per heavy atom. The normalized spacial score (nSPS) is 18.5. The van der Waals surface area contributed by atoms with Crippen molar-refractivity contribution in [2.75, 3.05) is 33.9 Å². The summed E-state index contributed by atoms with van der Waals surface area (Å²) in [5.41, 5.74) is 7.57. The SMILES string of the molecule is COc1ccc(C2=C(c3ccc(OC[C@@H](C)N4CC[C@H](C)C4)cc3)c3ccc(OC)cc3C2)cc1. The Bertz CT molecular complexity index is 1200. The molecule has 0 radical (unpaired) electrons. The summed E-state index contributed by atoms with van der Waals surface area (Å²) in [7, 11) is 3.42. The smallest absolute Gasteiger partial charge is 0.119 e. The summed E-state index contributed by atoms with van der Waals surface area (Å²) in [6, 6.07) is 23.8. The molecule has 35 heavy (non-hydrogen) atoms. The largest absolute Gasteiger partial charge is 0.497 e. The number of methoxy groups -OCH3 is 2. The summed E-state index contributed by atoms with van der Waals surface area (Å²) in [4.78, 5) is 2.54. The van der Waals surface area contributed by atoms with Crippen molar-refractivity contribution >= 4 is 11.1 Å². The Balaban J connectivity index is 1.40. The average Bonchev–Trinajstić information content (AvgIpc) is 3.51. The van der Waals surface area contributed by atoms with E-state index in [1.54, 1.807) is 14.2 Å². The zero-order valence-corrected chi connectivity index (χ0v) is 21.2. The summed E-state index contributed by atoms with van der Waals surface area (Å²) in [6.45, 7) is 7.67. The lowest BCUT2D eigenvalue weighted by Crippen LogP contribution is -2.35. The summed E-state index contributed by atoms with van der Waals surface area (Å²) in [5.74, 6) is 3.48. The number of nitrogens with zero attached hydrogens (tertiary/aromatic N) is 1. The molecule has 0 aromatic heterocycles. The second-order valence-corrected chi connectivity index (χ2v) is 9.86. The van der Waals surface area contributed by atoms with Crippen LogP contribution in [0.25, 0.3) is 11.1 Å². The van der Waals surface area contributed by atoms with Gasteiger partial charge in [-0.25, -0.2) is 0 Å². The van der Waals surface area contributed by atoms with Gasteiger partial charge in [0.05, 0.1) is 14.2 Å². The number of rotatable bonds is 8. The van der Waals surface area contributed by atoms with Crippen molar-refractivity contribution in [1.29, 1.82) is 0 Å². The lowest BCUT2D eigenvalue weighted by Gasteiger charge is -2.24. The highest BCUT2D eigenvalue weighted by Crippen LogP contribution is 2.43. The van der Waals surface area contributed by atoms with E-state index in [1.165, 1.54) is 52.9 Å². The van der Waals surface area contributed by atoms with Crippen LogP contribution in [0.15, 0.2) is 66.7 Å².